The van der Waals surface area contributed by atoms with Gasteiger partial charge in [-0.25, -0.2) is 0 Å². The molecule has 7 nitrogen and oxygen atoms in total. The van der Waals surface area contributed by atoms with E-state index in [1.54, 1.807) is 0 Å². The summed E-state index contributed by atoms with van der Waals surface area (Å²) in [5.41, 5.74) is 27.4. The molecule has 0 N–H and O–H groups in total. The monoisotopic (exact) mass is 1110 g/mol. The fourth-order valence-corrected chi connectivity index (χ4v) is 13.6. The Kier molecular flexibility index (Phi) is 12.0. The van der Waals surface area contributed by atoms with E-state index in [-0.39, 0.29) is 5.92 Å². The van der Waals surface area contributed by atoms with Crippen molar-refractivity contribution < 1.29 is 4.42 Å². The van der Waals surface area contributed by atoms with Crippen LogP contribution >= 0.6 is 0 Å². The van der Waals surface area contributed by atoms with E-state index in [1.807, 2.05) is 61.6 Å². The van der Waals surface area contributed by atoms with Crippen molar-refractivity contribution >= 4 is 72.5 Å². The van der Waals surface area contributed by atoms with Gasteiger partial charge in [0.1, 0.15) is 11.2 Å². The largest absolute Gasteiger partial charge is 0.456 e. The van der Waals surface area contributed by atoms with Crippen LogP contribution in [-0.4, -0.2) is 30.3 Å². The first-order valence-electron chi connectivity index (χ1n) is 29.8. The maximum atomic E-state index is 6.76. The molecule has 0 fully saturated rings. The number of furan rings is 1. The lowest BCUT2D eigenvalue weighted by atomic mass is 9.89. The Balaban J connectivity index is 0.811. The molecule has 0 bridgehead atoms. The van der Waals surface area contributed by atoms with Gasteiger partial charge >= 0.3 is 0 Å². The number of hydrogen-bond acceptors (Lipinski definition) is 5. The van der Waals surface area contributed by atoms with Gasteiger partial charge in [-0.05, 0) is 201 Å². The Morgan fingerprint density at radius 3 is 1.36 bits per heavy atom. The maximum absolute atomic E-state index is 6.76. The summed E-state index contributed by atoms with van der Waals surface area (Å²) in [6, 6.07) is 82.2. The molecular weight excluding hydrogens is 1060 g/mol. The molecule has 7 heterocycles. The first-order valence-corrected chi connectivity index (χ1v) is 29.8. The fourth-order valence-electron chi connectivity index (χ4n) is 13.6. The minimum Gasteiger partial charge on any atom is -0.456 e. The number of benzene rings is 9. The third-order valence-corrected chi connectivity index (χ3v) is 17.9. The highest BCUT2D eigenvalue weighted by molar-refractivity contribution is 6.13. The molecule has 7 heteroatoms. The van der Waals surface area contributed by atoms with Gasteiger partial charge in [-0.15, -0.1) is 0 Å². The van der Waals surface area contributed by atoms with Crippen molar-refractivity contribution in [3.63, 3.8) is 0 Å². The van der Waals surface area contributed by atoms with Gasteiger partial charge in [0, 0.05) is 122 Å². The van der Waals surface area contributed by atoms with Gasteiger partial charge in [-0.3, -0.25) is 19.9 Å². The second-order valence-electron chi connectivity index (χ2n) is 23.0. The number of aliphatic imine (C=N–C) groups is 1. The molecule has 0 saturated carbocycles. The molecule has 0 radical (unpaired) electrons. The molecule has 0 amide bonds. The van der Waals surface area contributed by atoms with Crippen molar-refractivity contribution in [2.45, 2.75) is 25.2 Å². The topological polar surface area (TPSA) is 74.0 Å². The second-order valence-corrected chi connectivity index (χ2v) is 23.0. The van der Waals surface area contributed by atoms with E-state index in [9.17, 15) is 0 Å². The number of allylic oxidation sites excluding steroid dienone is 2. The first kappa shape index (κ1) is 50.3. The van der Waals surface area contributed by atoms with Crippen LogP contribution in [0.15, 0.2) is 283 Å². The number of aromatic nitrogens is 5. The predicted molar refractivity (Wildman–Crippen MR) is 359 cm³/mol. The van der Waals surface area contributed by atoms with E-state index in [2.05, 4.69) is 254 Å². The smallest absolute Gasteiger partial charge is 0.135 e. The zero-order valence-electron chi connectivity index (χ0n) is 47.4. The number of pyridine rings is 3. The minimum absolute atomic E-state index is 0.253. The van der Waals surface area contributed by atoms with Gasteiger partial charge in [0.25, 0.3) is 0 Å². The van der Waals surface area contributed by atoms with Gasteiger partial charge in [-0.1, -0.05) is 121 Å². The van der Waals surface area contributed by atoms with Gasteiger partial charge in [0.05, 0.1) is 16.6 Å². The van der Waals surface area contributed by atoms with Crippen LogP contribution < -0.4 is 0 Å². The van der Waals surface area contributed by atoms with Crippen LogP contribution in [0, 0.1) is 0 Å². The van der Waals surface area contributed by atoms with E-state index < -0.39 is 0 Å². The van der Waals surface area contributed by atoms with Crippen molar-refractivity contribution in [2.24, 2.45) is 4.99 Å². The van der Waals surface area contributed by atoms with Crippen LogP contribution in [0.25, 0.3) is 144 Å². The average molecular weight is 1120 g/mol. The maximum Gasteiger partial charge on any atom is 0.135 e. The summed E-state index contributed by atoms with van der Waals surface area (Å²) in [5.74, 6) is 0.253. The Bertz CT molecular complexity index is 5320. The van der Waals surface area contributed by atoms with E-state index >= 15 is 0 Å². The third-order valence-electron chi connectivity index (χ3n) is 17.9. The Labute approximate surface area is 502 Å². The molecule has 1 aliphatic carbocycles. The first-order chi connectivity index (χ1) is 43.1. The molecule has 410 valence electrons. The SMILES string of the molecule is C1=CN=CC(c2cccc(-c3ccc4c(c3)c3cc(-c5cccc(-c6cccnc6)c5)ccc3n4-c3ccc4oc5ccc(-n6c7c(c8cc(-c9cccc(-c%10cccnc%10)c9)ccc86)C=C(c6cccc(-c8cccnc8)c6)CC7)cc5c4c3)c2)C1. The summed E-state index contributed by atoms with van der Waals surface area (Å²) in [6.07, 6.45) is 22.6. The molecule has 15 aromatic rings. The summed E-state index contributed by atoms with van der Waals surface area (Å²) in [6.45, 7) is 0. The average Bonchev–Trinajstić information content (AvgIpc) is 1.72. The summed E-state index contributed by atoms with van der Waals surface area (Å²) >= 11 is 0. The van der Waals surface area contributed by atoms with Crippen molar-refractivity contribution in [3.05, 3.63) is 296 Å². The third kappa shape index (κ3) is 8.90. The predicted octanol–water partition coefficient (Wildman–Crippen LogP) is 20.4. The normalized spacial score (nSPS) is 13.9. The summed E-state index contributed by atoms with van der Waals surface area (Å²) in [4.78, 5) is 17.8. The highest BCUT2D eigenvalue weighted by Crippen LogP contribution is 2.44. The van der Waals surface area contributed by atoms with Crippen LogP contribution in [0.5, 0.6) is 0 Å². The van der Waals surface area contributed by atoms with Gasteiger partial charge < -0.3 is 13.6 Å². The molecule has 6 aromatic heterocycles. The quantitative estimate of drug-likeness (QED) is 0.137. The lowest BCUT2D eigenvalue weighted by Gasteiger charge is -2.18. The zero-order chi connectivity index (χ0) is 57.4. The molecule has 2 aliphatic rings. The molecular formula is C80H54N6O. The van der Waals surface area contributed by atoms with Crippen molar-refractivity contribution in [1.29, 1.82) is 0 Å². The van der Waals surface area contributed by atoms with Crippen LogP contribution in [0.3, 0.4) is 0 Å². The molecule has 1 atom stereocenters. The molecule has 1 unspecified atom stereocenters. The van der Waals surface area contributed by atoms with Crippen molar-refractivity contribution in [1.82, 2.24) is 24.1 Å². The van der Waals surface area contributed by atoms with Gasteiger partial charge in [0.2, 0.25) is 0 Å². The van der Waals surface area contributed by atoms with E-state index in [0.29, 0.717) is 0 Å². The van der Waals surface area contributed by atoms with E-state index in [1.165, 1.54) is 66.3 Å². The molecule has 1 aliphatic heterocycles. The fraction of sp³-hybridized carbons (Fsp3) is 0.0500. The lowest BCUT2D eigenvalue weighted by Crippen LogP contribution is -2.05. The molecule has 0 saturated heterocycles. The highest BCUT2D eigenvalue weighted by atomic mass is 16.3. The Hall–Kier alpha value is -11.3. The number of hydrogen-bond donors (Lipinski definition) is 0. The van der Waals surface area contributed by atoms with Crippen molar-refractivity contribution in [2.75, 3.05) is 0 Å². The second kappa shape index (κ2) is 20.8. The van der Waals surface area contributed by atoms with Crippen LogP contribution in [0.2, 0.25) is 0 Å². The summed E-state index contributed by atoms with van der Waals surface area (Å²) in [7, 11) is 0. The number of rotatable bonds is 10. The molecule has 0 spiro atoms. The highest BCUT2D eigenvalue weighted by Gasteiger charge is 2.25. The zero-order valence-corrected chi connectivity index (χ0v) is 47.4. The summed E-state index contributed by atoms with van der Waals surface area (Å²) in [5, 5.41) is 5.72. The Morgan fingerprint density at radius 1 is 0.368 bits per heavy atom. The lowest BCUT2D eigenvalue weighted by molar-refractivity contribution is 0.668. The Morgan fingerprint density at radius 2 is 0.828 bits per heavy atom. The van der Waals surface area contributed by atoms with Gasteiger partial charge in [-0.2, -0.15) is 0 Å². The molecule has 87 heavy (non-hydrogen) atoms. The van der Waals surface area contributed by atoms with E-state index in [0.717, 1.165) is 114 Å². The minimum atomic E-state index is 0.253. The standard InChI is InChI=1S/C80H54N6O/c1-9-51(37-55(13-1)63-17-5-33-81-47-63)59-21-27-75-69(41-59)70-42-60(52-10-2-14-56(38-52)64-18-6-34-82-48-64)22-28-76(70)85(75)67-25-31-79-73(45-67)74-46-68(26-32-80(74)87-79)86-77-29-23-61(53-11-3-15-57(39-53)65-19-7-35-83-49-65)43-71(77)72-44-62(24-30-78(72)86)54-12-4-16-58(40-54)66-20-8-36-84-50-66/h1-19,21,23-27,29-50,66H,20,22,28H2. The van der Waals surface area contributed by atoms with Crippen LogP contribution in [0.4, 0.5) is 0 Å². The van der Waals surface area contributed by atoms with Crippen LogP contribution in [0.1, 0.15) is 41.1 Å². The molecule has 17 rings (SSSR count). The van der Waals surface area contributed by atoms with Gasteiger partial charge in [0.15, 0.2) is 0 Å². The van der Waals surface area contributed by atoms with Crippen LogP contribution in [-0.2, 0) is 6.42 Å². The van der Waals surface area contributed by atoms with E-state index in [4.69, 9.17) is 4.42 Å². The number of fused-ring (bicyclic) bond motifs is 9. The molecule has 9 aromatic carbocycles. The van der Waals surface area contributed by atoms with Crippen molar-refractivity contribution in [3.8, 4) is 78.1 Å². The number of nitrogens with zero attached hydrogens (tertiary/aromatic N) is 6. The summed E-state index contributed by atoms with van der Waals surface area (Å²) < 4.78 is 11.7.